The number of benzene rings is 1. The van der Waals surface area contributed by atoms with Gasteiger partial charge in [0.15, 0.2) is 0 Å². The van der Waals surface area contributed by atoms with Crippen molar-refractivity contribution in [1.29, 1.82) is 0 Å². The summed E-state index contributed by atoms with van der Waals surface area (Å²) in [4.78, 5) is 0.0581. The maximum Gasteiger partial charge on any atom is 0.389 e. The van der Waals surface area contributed by atoms with Gasteiger partial charge in [0.2, 0.25) is 10.0 Å². The zero-order valence-corrected chi connectivity index (χ0v) is 12.5. The summed E-state index contributed by atoms with van der Waals surface area (Å²) in [6.45, 7) is 0.547. The Kier molecular flexibility index (Phi) is 6.63. The van der Waals surface area contributed by atoms with Gasteiger partial charge in [-0.25, -0.2) is 13.1 Å². The standard InChI is InChI=1S/C13H19F3N2O2S/c1-17-10-7-11-3-5-12(6-4-11)21(19,20)18-9-2-8-13(14,15)16/h3-6,17-18H,2,7-10H2,1H3. The molecule has 0 heterocycles. The van der Waals surface area contributed by atoms with Gasteiger partial charge >= 0.3 is 6.18 Å². The van der Waals surface area contributed by atoms with Crippen LogP contribution in [0.15, 0.2) is 29.2 Å². The van der Waals surface area contributed by atoms with Crippen molar-refractivity contribution in [3.8, 4) is 0 Å². The Balaban J connectivity index is 2.54. The van der Waals surface area contributed by atoms with Gasteiger partial charge in [-0.2, -0.15) is 13.2 Å². The fraction of sp³-hybridized carbons (Fsp3) is 0.538. The molecule has 8 heteroatoms. The smallest absolute Gasteiger partial charge is 0.319 e. The number of hydrogen-bond acceptors (Lipinski definition) is 3. The summed E-state index contributed by atoms with van der Waals surface area (Å²) >= 11 is 0. The molecule has 0 spiro atoms. The lowest BCUT2D eigenvalue weighted by molar-refractivity contribution is -0.135. The molecule has 0 aliphatic heterocycles. The van der Waals surface area contributed by atoms with Crippen LogP contribution in [0.3, 0.4) is 0 Å². The molecule has 0 aliphatic carbocycles. The second-order valence-corrected chi connectivity index (χ2v) is 6.38. The summed E-state index contributed by atoms with van der Waals surface area (Å²) in [5.41, 5.74) is 0.986. The second-order valence-electron chi connectivity index (χ2n) is 4.61. The Morgan fingerprint density at radius 1 is 1.10 bits per heavy atom. The Hall–Kier alpha value is -1.12. The van der Waals surface area contributed by atoms with Gasteiger partial charge in [-0.15, -0.1) is 0 Å². The summed E-state index contributed by atoms with van der Waals surface area (Å²) in [6, 6.07) is 6.30. The highest BCUT2D eigenvalue weighted by atomic mass is 32.2. The van der Waals surface area contributed by atoms with Gasteiger partial charge in [0, 0.05) is 13.0 Å². The van der Waals surface area contributed by atoms with E-state index in [9.17, 15) is 21.6 Å². The third-order valence-corrected chi connectivity index (χ3v) is 4.30. The Labute approximate surface area is 122 Å². The van der Waals surface area contributed by atoms with Crippen LogP contribution in [0, 0.1) is 0 Å². The largest absolute Gasteiger partial charge is 0.389 e. The van der Waals surface area contributed by atoms with Gasteiger partial charge in [-0.05, 0) is 44.1 Å². The van der Waals surface area contributed by atoms with E-state index in [4.69, 9.17) is 0 Å². The zero-order valence-electron chi connectivity index (χ0n) is 11.7. The lowest BCUT2D eigenvalue weighted by atomic mass is 10.1. The molecule has 0 amide bonds. The predicted octanol–water partition coefficient (Wildman–Crippen LogP) is 2.07. The van der Waals surface area contributed by atoms with Crippen molar-refractivity contribution < 1.29 is 21.6 Å². The first kappa shape index (κ1) is 17.9. The summed E-state index contributed by atoms with van der Waals surface area (Å²) < 4.78 is 61.8. The van der Waals surface area contributed by atoms with Gasteiger partial charge < -0.3 is 5.32 Å². The summed E-state index contributed by atoms with van der Waals surface area (Å²) in [5, 5.41) is 2.99. The molecule has 120 valence electrons. The van der Waals surface area contributed by atoms with Crippen molar-refractivity contribution in [3.63, 3.8) is 0 Å². The van der Waals surface area contributed by atoms with Crippen molar-refractivity contribution in [2.45, 2.75) is 30.3 Å². The van der Waals surface area contributed by atoms with Crippen LogP contribution in [0.25, 0.3) is 0 Å². The van der Waals surface area contributed by atoms with Gasteiger partial charge in [-0.3, -0.25) is 0 Å². The Bertz CT molecular complexity index is 527. The van der Waals surface area contributed by atoms with Gasteiger partial charge in [0.1, 0.15) is 0 Å². The molecule has 0 bridgehead atoms. The van der Waals surface area contributed by atoms with E-state index in [-0.39, 0.29) is 17.9 Å². The number of likely N-dealkylation sites (N-methyl/N-ethyl adjacent to an activating group) is 1. The molecule has 1 aromatic carbocycles. The summed E-state index contributed by atoms with van der Waals surface area (Å²) in [7, 11) is -1.93. The van der Waals surface area contributed by atoms with Gasteiger partial charge in [0.05, 0.1) is 4.90 Å². The first-order valence-electron chi connectivity index (χ1n) is 6.54. The number of halogens is 3. The fourth-order valence-corrected chi connectivity index (χ4v) is 2.76. The Morgan fingerprint density at radius 2 is 1.71 bits per heavy atom. The van der Waals surface area contributed by atoms with Crippen LogP contribution in [-0.2, 0) is 16.4 Å². The number of hydrogen-bond donors (Lipinski definition) is 2. The van der Waals surface area contributed by atoms with Crippen LogP contribution in [0.4, 0.5) is 13.2 Å². The van der Waals surface area contributed by atoms with Gasteiger partial charge in [-0.1, -0.05) is 12.1 Å². The molecule has 1 aromatic rings. The highest BCUT2D eigenvalue weighted by Crippen LogP contribution is 2.21. The highest BCUT2D eigenvalue weighted by molar-refractivity contribution is 7.89. The molecular formula is C13H19F3N2O2S. The lowest BCUT2D eigenvalue weighted by Crippen LogP contribution is -2.25. The molecule has 0 aliphatic rings. The number of rotatable bonds is 8. The van der Waals surface area contributed by atoms with Crippen LogP contribution < -0.4 is 10.0 Å². The average molecular weight is 324 g/mol. The quantitative estimate of drug-likeness (QED) is 0.720. The van der Waals surface area contributed by atoms with E-state index in [1.165, 1.54) is 12.1 Å². The minimum Gasteiger partial charge on any atom is -0.319 e. The average Bonchev–Trinajstić information content (AvgIpc) is 2.41. The van der Waals surface area contributed by atoms with E-state index in [1.807, 2.05) is 7.05 Å². The van der Waals surface area contributed by atoms with Crippen LogP contribution >= 0.6 is 0 Å². The van der Waals surface area contributed by atoms with E-state index in [2.05, 4.69) is 10.0 Å². The SMILES string of the molecule is CNCCc1ccc(S(=O)(=O)NCCCC(F)(F)F)cc1. The first-order chi connectivity index (χ1) is 9.74. The molecule has 0 atom stereocenters. The minimum absolute atomic E-state index is 0.0581. The third-order valence-electron chi connectivity index (χ3n) is 2.83. The molecule has 21 heavy (non-hydrogen) atoms. The molecular weight excluding hydrogens is 305 g/mol. The van der Waals surface area contributed by atoms with Crippen LogP contribution in [0.2, 0.25) is 0 Å². The summed E-state index contributed by atoms with van der Waals surface area (Å²) in [5.74, 6) is 0. The monoisotopic (exact) mass is 324 g/mol. The fourth-order valence-electron chi connectivity index (χ4n) is 1.68. The molecule has 2 N–H and O–H groups in total. The van der Waals surface area contributed by atoms with Crippen molar-refractivity contribution in [3.05, 3.63) is 29.8 Å². The van der Waals surface area contributed by atoms with Crippen LogP contribution in [0.1, 0.15) is 18.4 Å². The summed E-state index contributed by atoms with van der Waals surface area (Å²) in [6.07, 6.45) is -4.77. The number of alkyl halides is 3. The van der Waals surface area contributed by atoms with E-state index >= 15 is 0 Å². The zero-order chi connectivity index (χ0) is 15.9. The third kappa shape index (κ3) is 6.92. The lowest BCUT2D eigenvalue weighted by Gasteiger charge is -2.09. The molecule has 0 aromatic heterocycles. The second kappa shape index (κ2) is 7.77. The molecule has 0 radical (unpaired) electrons. The van der Waals surface area contributed by atoms with E-state index in [0.717, 1.165) is 18.5 Å². The van der Waals surface area contributed by atoms with E-state index in [1.54, 1.807) is 12.1 Å². The van der Waals surface area contributed by atoms with Gasteiger partial charge in [0.25, 0.3) is 0 Å². The molecule has 1 rings (SSSR count). The van der Waals surface area contributed by atoms with Crippen molar-refractivity contribution in [2.75, 3.05) is 20.1 Å². The van der Waals surface area contributed by atoms with Crippen LogP contribution in [0.5, 0.6) is 0 Å². The molecule has 4 nitrogen and oxygen atoms in total. The normalized spacial score (nSPS) is 12.6. The maximum absolute atomic E-state index is 12.0. The molecule has 0 saturated carbocycles. The molecule has 0 unspecified atom stereocenters. The predicted molar refractivity (Wildman–Crippen MR) is 74.6 cm³/mol. The highest BCUT2D eigenvalue weighted by Gasteiger charge is 2.26. The van der Waals surface area contributed by atoms with Crippen molar-refractivity contribution in [1.82, 2.24) is 10.0 Å². The van der Waals surface area contributed by atoms with Crippen molar-refractivity contribution in [2.24, 2.45) is 0 Å². The Morgan fingerprint density at radius 3 is 2.24 bits per heavy atom. The first-order valence-corrected chi connectivity index (χ1v) is 8.03. The molecule has 0 fully saturated rings. The number of sulfonamides is 1. The van der Waals surface area contributed by atoms with E-state index in [0.29, 0.717) is 0 Å². The molecule has 0 saturated heterocycles. The topological polar surface area (TPSA) is 58.2 Å². The van der Waals surface area contributed by atoms with Crippen LogP contribution in [-0.4, -0.2) is 34.7 Å². The number of nitrogens with one attached hydrogen (secondary N) is 2. The van der Waals surface area contributed by atoms with E-state index < -0.39 is 22.6 Å². The maximum atomic E-state index is 12.0. The minimum atomic E-state index is -4.26. The van der Waals surface area contributed by atoms with Crippen molar-refractivity contribution >= 4 is 10.0 Å².